The Morgan fingerprint density at radius 2 is 1.80 bits per heavy atom. The predicted molar refractivity (Wildman–Crippen MR) is 96.3 cm³/mol. The normalized spacial score (nSPS) is 35.7. The van der Waals surface area contributed by atoms with E-state index in [2.05, 4.69) is 16.7 Å². The molecule has 1 amide bonds. The Hall–Kier alpha value is -0.650. The lowest BCUT2D eigenvalue weighted by molar-refractivity contribution is -0.145. The number of likely N-dealkylation sites (tertiary alicyclic amines) is 2. The Bertz CT molecular complexity index is 458. The maximum Gasteiger partial charge on any atom is 0.251 e. The van der Waals surface area contributed by atoms with Gasteiger partial charge in [-0.3, -0.25) is 4.79 Å². The molecule has 142 valence electrons. The van der Waals surface area contributed by atoms with Crippen molar-refractivity contribution in [1.82, 2.24) is 9.80 Å². The highest BCUT2D eigenvalue weighted by Crippen LogP contribution is 2.35. The number of fused-ring (bicyclic) bond motifs is 1. The predicted octanol–water partition coefficient (Wildman–Crippen LogP) is 2.15. The standard InChI is InChI=1S/C20H34N2O3/c1-15-2-8-22(9-3-15)20(23)18-12-17-4-7-21(14-19(17)25-18)13-16-5-10-24-11-6-16/h15-19H,2-14H2,1H3/t17-,18+,19+/m1/s1. The minimum atomic E-state index is -0.175. The van der Waals surface area contributed by atoms with E-state index < -0.39 is 0 Å². The van der Waals surface area contributed by atoms with Crippen LogP contribution in [0.1, 0.15) is 45.4 Å². The van der Waals surface area contributed by atoms with E-state index in [0.29, 0.717) is 5.92 Å². The van der Waals surface area contributed by atoms with E-state index in [1.165, 1.54) is 32.4 Å². The van der Waals surface area contributed by atoms with Crippen LogP contribution in [-0.2, 0) is 14.3 Å². The Morgan fingerprint density at radius 3 is 2.56 bits per heavy atom. The van der Waals surface area contributed by atoms with Crippen molar-refractivity contribution >= 4 is 5.91 Å². The van der Waals surface area contributed by atoms with Gasteiger partial charge < -0.3 is 19.3 Å². The van der Waals surface area contributed by atoms with Gasteiger partial charge in [-0.2, -0.15) is 0 Å². The zero-order chi connectivity index (χ0) is 17.2. The minimum Gasteiger partial charge on any atom is -0.381 e. The summed E-state index contributed by atoms with van der Waals surface area (Å²) in [7, 11) is 0. The van der Waals surface area contributed by atoms with Crippen molar-refractivity contribution in [2.24, 2.45) is 17.8 Å². The van der Waals surface area contributed by atoms with Crippen LogP contribution in [0.2, 0.25) is 0 Å². The molecule has 4 rings (SSSR count). The van der Waals surface area contributed by atoms with Gasteiger partial charge in [-0.15, -0.1) is 0 Å². The largest absolute Gasteiger partial charge is 0.381 e. The molecule has 0 aromatic carbocycles. The van der Waals surface area contributed by atoms with Crippen LogP contribution in [0.5, 0.6) is 0 Å². The lowest BCUT2D eigenvalue weighted by Crippen LogP contribution is -2.45. The summed E-state index contributed by atoms with van der Waals surface area (Å²) in [5, 5.41) is 0. The number of piperidine rings is 2. The van der Waals surface area contributed by atoms with Crippen LogP contribution in [0.15, 0.2) is 0 Å². The molecule has 5 heteroatoms. The van der Waals surface area contributed by atoms with Crippen molar-refractivity contribution in [3.05, 3.63) is 0 Å². The number of rotatable bonds is 3. The molecule has 0 unspecified atom stereocenters. The van der Waals surface area contributed by atoms with E-state index in [4.69, 9.17) is 9.47 Å². The molecule has 4 aliphatic rings. The van der Waals surface area contributed by atoms with E-state index in [-0.39, 0.29) is 18.1 Å². The molecule has 0 bridgehead atoms. The van der Waals surface area contributed by atoms with Gasteiger partial charge in [0.05, 0.1) is 6.10 Å². The number of hydrogen-bond donors (Lipinski definition) is 0. The van der Waals surface area contributed by atoms with E-state index in [1.54, 1.807) is 0 Å². The van der Waals surface area contributed by atoms with Gasteiger partial charge >= 0.3 is 0 Å². The Balaban J connectivity index is 1.27. The molecule has 0 spiro atoms. The highest BCUT2D eigenvalue weighted by Gasteiger charge is 2.43. The zero-order valence-corrected chi connectivity index (χ0v) is 15.7. The van der Waals surface area contributed by atoms with Crippen molar-refractivity contribution in [1.29, 1.82) is 0 Å². The van der Waals surface area contributed by atoms with Gasteiger partial charge in [0, 0.05) is 39.4 Å². The van der Waals surface area contributed by atoms with Crippen molar-refractivity contribution in [3.63, 3.8) is 0 Å². The van der Waals surface area contributed by atoms with Crippen LogP contribution >= 0.6 is 0 Å². The van der Waals surface area contributed by atoms with Gasteiger partial charge in [0.2, 0.25) is 0 Å². The average Bonchev–Trinajstić information content (AvgIpc) is 3.06. The summed E-state index contributed by atoms with van der Waals surface area (Å²) in [4.78, 5) is 17.5. The molecule has 4 fully saturated rings. The van der Waals surface area contributed by atoms with Crippen molar-refractivity contribution < 1.29 is 14.3 Å². The number of amides is 1. The Kier molecular flexibility index (Phi) is 5.63. The molecule has 4 heterocycles. The molecule has 0 radical (unpaired) electrons. The fourth-order valence-corrected chi connectivity index (χ4v) is 5.05. The maximum atomic E-state index is 12.8. The van der Waals surface area contributed by atoms with Crippen LogP contribution in [0.3, 0.4) is 0 Å². The third-order valence-electron chi connectivity index (χ3n) is 6.86. The van der Waals surface area contributed by atoms with Crippen LogP contribution in [0.4, 0.5) is 0 Å². The summed E-state index contributed by atoms with van der Waals surface area (Å²) < 4.78 is 11.7. The van der Waals surface area contributed by atoms with Crippen LogP contribution in [0.25, 0.3) is 0 Å². The zero-order valence-electron chi connectivity index (χ0n) is 15.7. The van der Waals surface area contributed by atoms with Crippen molar-refractivity contribution in [2.75, 3.05) is 45.9 Å². The summed E-state index contributed by atoms with van der Waals surface area (Å²) >= 11 is 0. The molecule has 0 aromatic heterocycles. The molecule has 0 N–H and O–H groups in total. The number of carbonyl (C=O) groups is 1. The van der Waals surface area contributed by atoms with Crippen molar-refractivity contribution in [2.45, 2.75) is 57.7 Å². The van der Waals surface area contributed by atoms with Gasteiger partial charge in [-0.05, 0) is 62.8 Å². The van der Waals surface area contributed by atoms with Gasteiger partial charge in [-0.25, -0.2) is 0 Å². The topological polar surface area (TPSA) is 42.0 Å². The first kappa shape index (κ1) is 17.7. The molecule has 5 nitrogen and oxygen atoms in total. The molecule has 0 aliphatic carbocycles. The van der Waals surface area contributed by atoms with Crippen molar-refractivity contribution in [3.8, 4) is 0 Å². The number of hydrogen-bond acceptors (Lipinski definition) is 4. The first-order valence-electron chi connectivity index (χ1n) is 10.4. The summed E-state index contributed by atoms with van der Waals surface area (Å²) in [5.41, 5.74) is 0. The molecule has 0 aromatic rings. The van der Waals surface area contributed by atoms with Gasteiger partial charge in [0.25, 0.3) is 5.91 Å². The first-order chi connectivity index (χ1) is 12.2. The Labute approximate surface area is 152 Å². The molecule has 25 heavy (non-hydrogen) atoms. The first-order valence-corrected chi connectivity index (χ1v) is 10.4. The minimum absolute atomic E-state index is 0.175. The SMILES string of the molecule is CC1CCN(C(=O)[C@@H]2C[C@H]3CCN(CC4CCOCC4)C[C@@H]3O2)CC1. The summed E-state index contributed by atoms with van der Waals surface area (Å²) in [6.45, 7) is 9.34. The number of carbonyl (C=O) groups excluding carboxylic acids is 1. The molecule has 0 saturated carbocycles. The van der Waals surface area contributed by atoms with E-state index in [0.717, 1.165) is 63.9 Å². The van der Waals surface area contributed by atoms with Gasteiger partial charge in [-0.1, -0.05) is 6.92 Å². The average molecular weight is 351 g/mol. The van der Waals surface area contributed by atoms with Crippen LogP contribution in [0, 0.1) is 17.8 Å². The fourth-order valence-electron chi connectivity index (χ4n) is 5.05. The van der Waals surface area contributed by atoms with E-state index in [9.17, 15) is 4.79 Å². The van der Waals surface area contributed by atoms with Gasteiger partial charge in [0.1, 0.15) is 6.10 Å². The summed E-state index contributed by atoms with van der Waals surface area (Å²) in [6, 6.07) is 0. The quantitative estimate of drug-likeness (QED) is 0.782. The summed E-state index contributed by atoms with van der Waals surface area (Å²) in [6.07, 6.45) is 6.90. The second-order valence-electron chi connectivity index (χ2n) is 8.77. The molecular weight excluding hydrogens is 316 g/mol. The molecule has 4 aliphatic heterocycles. The van der Waals surface area contributed by atoms with Gasteiger partial charge in [0.15, 0.2) is 0 Å². The monoisotopic (exact) mass is 350 g/mol. The maximum absolute atomic E-state index is 12.8. The van der Waals surface area contributed by atoms with E-state index in [1.807, 2.05) is 0 Å². The summed E-state index contributed by atoms with van der Waals surface area (Å²) in [5.74, 6) is 2.38. The molecular formula is C20H34N2O3. The lowest BCUT2D eigenvalue weighted by atomic mass is 9.90. The highest BCUT2D eigenvalue weighted by atomic mass is 16.5. The van der Waals surface area contributed by atoms with Crippen LogP contribution < -0.4 is 0 Å². The molecule has 3 atom stereocenters. The second-order valence-corrected chi connectivity index (χ2v) is 8.77. The smallest absolute Gasteiger partial charge is 0.251 e. The fraction of sp³-hybridized carbons (Fsp3) is 0.950. The van der Waals surface area contributed by atoms with Crippen LogP contribution in [-0.4, -0.2) is 73.9 Å². The highest BCUT2D eigenvalue weighted by molar-refractivity contribution is 5.81. The van der Waals surface area contributed by atoms with E-state index >= 15 is 0 Å². The lowest BCUT2D eigenvalue weighted by Gasteiger charge is -2.37. The third-order valence-corrected chi connectivity index (χ3v) is 6.86. The second kappa shape index (κ2) is 7.93. The number of nitrogens with zero attached hydrogens (tertiary/aromatic N) is 2. The number of ether oxygens (including phenoxy) is 2. The third kappa shape index (κ3) is 4.20. The molecule has 4 saturated heterocycles. The Morgan fingerprint density at radius 1 is 1.04 bits per heavy atom.